The standard InChI is InChI=1S/C15H20F2N2.2ClH/c16-13-6-2-5-12(14(13)17)15(11-3-1-4-11)19-9-7-18-8-10-19;;/h2,5-6,11,15,18H,1,3-4,7-10H2;2*1H/t15-;;/m1../s1. The number of rotatable bonds is 3. The van der Waals surface area contributed by atoms with Crippen LogP contribution < -0.4 is 5.32 Å². The Hall–Kier alpha value is -0.420. The molecule has 1 aromatic carbocycles. The maximum Gasteiger partial charge on any atom is 0.163 e. The molecule has 0 radical (unpaired) electrons. The van der Waals surface area contributed by atoms with Crippen LogP contribution in [0.3, 0.4) is 0 Å². The molecule has 3 rings (SSSR count). The van der Waals surface area contributed by atoms with Crippen molar-refractivity contribution in [3.8, 4) is 0 Å². The number of nitrogens with zero attached hydrogens (tertiary/aromatic N) is 1. The van der Waals surface area contributed by atoms with Crippen molar-refractivity contribution >= 4 is 24.8 Å². The van der Waals surface area contributed by atoms with Gasteiger partial charge >= 0.3 is 0 Å². The van der Waals surface area contributed by atoms with E-state index in [0.717, 1.165) is 39.0 Å². The Morgan fingerprint density at radius 2 is 1.76 bits per heavy atom. The van der Waals surface area contributed by atoms with Gasteiger partial charge in [0.1, 0.15) is 0 Å². The lowest BCUT2D eigenvalue weighted by atomic mass is 9.76. The van der Waals surface area contributed by atoms with Crippen molar-refractivity contribution in [2.45, 2.75) is 25.3 Å². The van der Waals surface area contributed by atoms with Gasteiger partial charge in [0, 0.05) is 37.8 Å². The largest absolute Gasteiger partial charge is 0.314 e. The van der Waals surface area contributed by atoms with Gasteiger partial charge in [0.05, 0.1) is 0 Å². The zero-order valence-electron chi connectivity index (χ0n) is 11.9. The lowest BCUT2D eigenvalue weighted by Crippen LogP contribution is -2.48. The number of hydrogen-bond acceptors (Lipinski definition) is 2. The molecule has 0 amide bonds. The van der Waals surface area contributed by atoms with Crippen molar-refractivity contribution in [1.82, 2.24) is 10.2 Å². The fourth-order valence-corrected chi connectivity index (χ4v) is 3.21. The molecule has 0 unspecified atom stereocenters. The summed E-state index contributed by atoms with van der Waals surface area (Å²) in [6.45, 7) is 3.69. The van der Waals surface area contributed by atoms with Gasteiger partial charge in [-0.1, -0.05) is 18.6 Å². The van der Waals surface area contributed by atoms with Crippen molar-refractivity contribution < 1.29 is 8.78 Å². The third-order valence-corrected chi connectivity index (χ3v) is 4.44. The fraction of sp³-hybridized carbons (Fsp3) is 0.600. The number of halogens is 4. The van der Waals surface area contributed by atoms with Gasteiger partial charge in [0.15, 0.2) is 11.6 Å². The normalized spacial score (nSPS) is 20.9. The van der Waals surface area contributed by atoms with Crippen LogP contribution in [0.5, 0.6) is 0 Å². The summed E-state index contributed by atoms with van der Waals surface area (Å²) < 4.78 is 27.6. The summed E-state index contributed by atoms with van der Waals surface area (Å²) in [4.78, 5) is 2.32. The number of hydrogen-bond donors (Lipinski definition) is 1. The van der Waals surface area contributed by atoms with E-state index in [1.54, 1.807) is 12.1 Å². The minimum absolute atomic E-state index is 0. The summed E-state index contributed by atoms with van der Waals surface area (Å²) in [7, 11) is 0. The minimum atomic E-state index is -0.725. The van der Waals surface area contributed by atoms with E-state index in [1.807, 2.05) is 0 Å². The highest BCUT2D eigenvalue weighted by molar-refractivity contribution is 5.85. The van der Waals surface area contributed by atoms with E-state index in [2.05, 4.69) is 10.2 Å². The molecule has 1 saturated carbocycles. The Morgan fingerprint density at radius 1 is 1.10 bits per heavy atom. The second kappa shape index (κ2) is 8.28. The van der Waals surface area contributed by atoms with Crippen molar-refractivity contribution in [3.05, 3.63) is 35.4 Å². The molecule has 21 heavy (non-hydrogen) atoms. The van der Waals surface area contributed by atoms with E-state index in [9.17, 15) is 8.78 Å². The molecule has 2 fully saturated rings. The highest BCUT2D eigenvalue weighted by Gasteiger charge is 2.35. The monoisotopic (exact) mass is 338 g/mol. The Labute approximate surface area is 137 Å². The average molecular weight is 339 g/mol. The molecule has 1 saturated heterocycles. The van der Waals surface area contributed by atoms with E-state index < -0.39 is 11.6 Å². The van der Waals surface area contributed by atoms with Gasteiger partial charge in [-0.25, -0.2) is 8.78 Å². The third-order valence-electron chi connectivity index (χ3n) is 4.44. The van der Waals surface area contributed by atoms with Crippen molar-refractivity contribution in [2.75, 3.05) is 26.2 Å². The van der Waals surface area contributed by atoms with Gasteiger partial charge in [0.25, 0.3) is 0 Å². The van der Waals surface area contributed by atoms with Crippen molar-refractivity contribution in [3.63, 3.8) is 0 Å². The predicted octanol–water partition coefficient (Wildman–Crippen LogP) is 3.55. The van der Waals surface area contributed by atoms with Crippen LogP contribution in [0.25, 0.3) is 0 Å². The highest BCUT2D eigenvalue weighted by atomic mass is 35.5. The molecule has 1 aliphatic carbocycles. The van der Waals surface area contributed by atoms with Crippen LogP contribution in [0.1, 0.15) is 30.9 Å². The van der Waals surface area contributed by atoms with Crippen LogP contribution in [0.2, 0.25) is 0 Å². The Bertz CT molecular complexity index is 449. The molecule has 1 aromatic rings. The van der Waals surface area contributed by atoms with Crippen LogP contribution in [-0.4, -0.2) is 31.1 Å². The first kappa shape index (κ1) is 18.6. The number of benzene rings is 1. The minimum Gasteiger partial charge on any atom is -0.314 e. The van der Waals surface area contributed by atoms with Crippen LogP contribution in [0, 0.1) is 17.6 Å². The average Bonchev–Trinajstić information content (AvgIpc) is 2.38. The van der Waals surface area contributed by atoms with E-state index in [4.69, 9.17) is 0 Å². The molecular formula is C15H22Cl2F2N2. The topological polar surface area (TPSA) is 15.3 Å². The van der Waals surface area contributed by atoms with E-state index in [1.165, 1.54) is 12.5 Å². The Balaban J connectivity index is 0.00000110. The van der Waals surface area contributed by atoms with Crippen molar-refractivity contribution in [1.29, 1.82) is 0 Å². The quantitative estimate of drug-likeness (QED) is 0.906. The summed E-state index contributed by atoms with van der Waals surface area (Å²) in [5, 5.41) is 3.31. The first-order chi connectivity index (χ1) is 9.27. The van der Waals surface area contributed by atoms with Gasteiger partial charge < -0.3 is 5.32 Å². The lowest BCUT2D eigenvalue weighted by Gasteiger charge is -2.43. The molecule has 0 spiro atoms. The first-order valence-corrected chi connectivity index (χ1v) is 7.16. The fourth-order valence-electron chi connectivity index (χ4n) is 3.21. The van der Waals surface area contributed by atoms with Crippen molar-refractivity contribution in [2.24, 2.45) is 5.92 Å². The van der Waals surface area contributed by atoms with Gasteiger partial charge in [-0.15, -0.1) is 24.8 Å². The zero-order chi connectivity index (χ0) is 13.2. The molecular weight excluding hydrogens is 317 g/mol. The van der Waals surface area contributed by atoms with E-state index in [0.29, 0.717) is 11.5 Å². The number of piperazine rings is 1. The molecule has 2 aliphatic rings. The summed E-state index contributed by atoms with van der Waals surface area (Å²) in [5.74, 6) is -0.899. The molecule has 0 bridgehead atoms. The van der Waals surface area contributed by atoms with Crippen LogP contribution in [0.15, 0.2) is 18.2 Å². The molecule has 1 heterocycles. The predicted molar refractivity (Wildman–Crippen MR) is 85.4 cm³/mol. The SMILES string of the molecule is Cl.Cl.Fc1cccc([C@@H](C2CCC2)N2CCNCC2)c1F. The summed E-state index contributed by atoms with van der Waals surface area (Å²) in [6.07, 6.45) is 3.47. The first-order valence-electron chi connectivity index (χ1n) is 7.16. The summed E-state index contributed by atoms with van der Waals surface area (Å²) >= 11 is 0. The Morgan fingerprint density at radius 3 is 2.33 bits per heavy atom. The molecule has 6 heteroatoms. The molecule has 0 aromatic heterocycles. The molecule has 120 valence electrons. The van der Waals surface area contributed by atoms with Gasteiger partial charge in [0.2, 0.25) is 0 Å². The molecule has 1 aliphatic heterocycles. The summed E-state index contributed by atoms with van der Waals surface area (Å²) in [5.41, 5.74) is 0.548. The molecule has 2 nitrogen and oxygen atoms in total. The van der Waals surface area contributed by atoms with Crippen LogP contribution >= 0.6 is 24.8 Å². The second-order valence-electron chi connectivity index (χ2n) is 5.56. The Kier molecular flexibility index (Phi) is 7.34. The smallest absolute Gasteiger partial charge is 0.163 e. The maximum atomic E-state index is 14.1. The van der Waals surface area contributed by atoms with E-state index >= 15 is 0 Å². The molecule has 1 atom stereocenters. The maximum absolute atomic E-state index is 14.1. The van der Waals surface area contributed by atoms with E-state index in [-0.39, 0.29) is 30.9 Å². The van der Waals surface area contributed by atoms with Gasteiger partial charge in [-0.05, 0) is 24.8 Å². The van der Waals surface area contributed by atoms with Gasteiger partial charge in [-0.2, -0.15) is 0 Å². The number of nitrogens with one attached hydrogen (secondary N) is 1. The highest BCUT2D eigenvalue weighted by Crippen LogP contribution is 2.42. The lowest BCUT2D eigenvalue weighted by molar-refractivity contribution is 0.0807. The third kappa shape index (κ3) is 3.86. The summed E-state index contributed by atoms with van der Waals surface area (Å²) in [6, 6.07) is 4.63. The van der Waals surface area contributed by atoms with Crippen LogP contribution in [-0.2, 0) is 0 Å². The zero-order valence-corrected chi connectivity index (χ0v) is 13.5. The molecule has 1 N–H and O–H groups in total. The van der Waals surface area contributed by atoms with Gasteiger partial charge in [-0.3, -0.25) is 4.90 Å². The second-order valence-corrected chi connectivity index (χ2v) is 5.56. The van der Waals surface area contributed by atoms with Crippen LogP contribution in [0.4, 0.5) is 8.78 Å².